The maximum Gasteiger partial charge on any atom is 0.387 e. The van der Waals surface area contributed by atoms with Crippen molar-refractivity contribution in [1.82, 2.24) is 5.32 Å². The van der Waals surface area contributed by atoms with Gasteiger partial charge in [-0.05, 0) is 49.1 Å². The Labute approximate surface area is 195 Å². The molecule has 2 aliphatic heterocycles. The van der Waals surface area contributed by atoms with Gasteiger partial charge in [-0.25, -0.2) is 0 Å². The van der Waals surface area contributed by atoms with Crippen LogP contribution in [0.5, 0.6) is 5.75 Å². The van der Waals surface area contributed by atoms with Gasteiger partial charge in [0.2, 0.25) is 0 Å². The summed E-state index contributed by atoms with van der Waals surface area (Å²) in [5, 5.41) is 2.87. The molecule has 0 unspecified atom stereocenters. The summed E-state index contributed by atoms with van der Waals surface area (Å²) in [5.74, 6) is 0.0506. The average Bonchev–Trinajstić information content (AvgIpc) is 2.99. The Morgan fingerprint density at radius 3 is 2.67 bits per heavy atom. The van der Waals surface area contributed by atoms with Crippen LogP contribution < -0.4 is 15.0 Å². The van der Waals surface area contributed by atoms with Gasteiger partial charge in [-0.1, -0.05) is 30.2 Å². The molecule has 0 radical (unpaired) electrons. The summed E-state index contributed by atoms with van der Waals surface area (Å²) < 4.78 is 58.3. The molecule has 1 fully saturated rings. The van der Waals surface area contributed by atoms with Crippen molar-refractivity contribution < 1.29 is 26.7 Å². The van der Waals surface area contributed by atoms with Crippen LogP contribution in [0.25, 0.3) is 0 Å². The molecule has 1 N–H and O–H groups in total. The normalized spacial score (nSPS) is 17.0. The molecule has 33 heavy (non-hydrogen) atoms. The number of hydrogen-bond acceptors (Lipinski definition) is 5. The van der Waals surface area contributed by atoms with Crippen LogP contribution in [-0.4, -0.2) is 39.9 Å². The monoisotopic (exact) mass is 497 g/mol. The second-order valence-corrected chi connectivity index (χ2v) is 9.75. The van der Waals surface area contributed by atoms with E-state index in [9.17, 15) is 22.0 Å². The molecule has 2 heterocycles. The number of nitrogens with one attached hydrogen (secondary N) is 1. The third-order valence-corrected chi connectivity index (χ3v) is 7.18. The molecule has 11 heteroatoms. The Morgan fingerprint density at radius 2 is 1.94 bits per heavy atom. The minimum Gasteiger partial charge on any atom is -0.435 e. The molecular weight excluding hydrogens is 476 g/mol. The number of sulfonamides is 1. The highest BCUT2D eigenvalue weighted by molar-refractivity contribution is 7.90. The van der Waals surface area contributed by atoms with Crippen molar-refractivity contribution in [3.8, 4) is 5.75 Å². The number of alkyl halides is 2. The fraction of sp³-hybridized carbons (Fsp3) is 0.364. The average molecular weight is 498 g/mol. The molecule has 0 spiro atoms. The van der Waals surface area contributed by atoms with E-state index in [0.717, 1.165) is 24.8 Å². The largest absolute Gasteiger partial charge is 0.435 e. The number of anilines is 1. The fourth-order valence-electron chi connectivity index (χ4n) is 3.92. The number of hydrogen-bond donors (Lipinski definition) is 1. The van der Waals surface area contributed by atoms with E-state index in [-0.39, 0.29) is 27.8 Å². The molecule has 2 aromatic rings. The number of nitrogens with zero attached hydrogens (tertiary/aromatic N) is 2. The highest BCUT2D eigenvalue weighted by Gasteiger charge is 2.33. The first-order chi connectivity index (χ1) is 15.7. The van der Waals surface area contributed by atoms with Gasteiger partial charge in [0.15, 0.2) is 0 Å². The molecule has 0 aliphatic carbocycles. The molecule has 1 amide bonds. The number of amidine groups is 1. The lowest BCUT2D eigenvalue weighted by atomic mass is 10.1. The highest BCUT2D eigenvalue weighted by atomic mass is 35.5. The molecule has 0 aromatic heterocycles. The standard InChI is InChI=1S/C22H22ClF2N3O4S/c23-17-13-18-19(33(30,31)27-20-4-2-1-3-11-28(18)20)12-16(17)21(29)26-10-9-14-5-7-15(8-6-14)32-22(24)25/h5-8,12-13,22H,1-4,9-11H2,(H,26,29). The summed E-state index contributed by atoms with van der Waals surface area (Å²) in [6.45, 7) is -2.01. The van der Waals surface area contributed by atoms with Gasteiger partial charge in [-0.2, -0.15) is 17.2 Å². The predicted octanol–water partition coefficient (Wildman–Crippen LogP) is 4.40. The predicted molar refractivity (Wildman–Crippen MR) is 121 cm³/mol. The van der Waals surface area contributed by atoms with E-state index >= 15 is 0 Å². The van der Waals surface area contributed by atoms with E-state index in [4.69, 9.17) is 11.6 Å². The van der Waals surface area contributed by atoms with Crippen molar-refractivity contribution in [2.24, 2.45) is 4.40 Å². The first-order valence-corrected chi connectivity index (χ1v) is 12.3. The fourth-order valence-corrected chi connectivity index (χ4v) is 5.43. The molecule has 176 valence electrons. The van der Waals surface area contributed by atoms with Crippen molar-refractivity contribution in [1.29, 1.82) is 0 Å². The Morgan fingerprint density at radius 1 is 1.18 bits per heavy atom. The number of ether oxygens (including phenoxy) is 1. The van der Waals surface area contributed by atoms with Crippen molar-refractivity contribution in [3.63, 3.8) is 0 Å². The van der Waals surface area contributed by atoms with Crippen LogP contribution in [0.1, 0.15) is 41.6 Å². The topological polar surface area (TPSA) is 88.1 Å². The Kier molecular flexibility index (Phi) is 6.85. The van der Waals surface area contributed by atoms with Crippen LogP contribution in [0.3, 0.4) is 0 Å². The third kappa shape index (κ3) is 5.27. The number of amides is 1. The lowest BCUT2D eigenvalue weighted by molar-refractivity contribution is -0.0498. The molecule has 4 rings (SSSR count). The van der Waals surface area contributed by atoms with Gasteiger partial charge in [0.1, 0.15) is 16.5 Å². The quantitative estimate of drug-likeness (QED) is 0.639. The van der Waals surface area contributed by atoms with Gasteiger partial charge in [0, 0.05) is 19.5 Å². The third-order valence-electron chi connectivity index (χ3n) is 5.53. The molecule has 2 aliphatic rings. The molecule has 0 atom stereocenters. The SMILES string of the molecule is O=C(NCCc1ccc(OC(F)F)cc1)c1cc2c(cc1Cl)N1CCCCCC1=NS2(=O)=O. The molecule has 7 nitrogen and oxygen atoms in total. The highest BCUT2D eigenvalue weighted by Crippen LogP contribution is 2.37. The van der Waals surface area contributed by atoms with E-state index in [1.54, 1.807) is 12.1 Å². The van der Waals surface area contributed by atoms with Gasteiger partial charge in [-0.3, -0.25) is 4.79 Å². The Hall–Kier alpha value is -2.72. The first-order valence-electron chi connectivity index (χ1n) is 10.5. The summed E-state index contributed by atoms with van der Waals surface area (Å²) in [6, 6.07) is 8.89. The van der Waals surface area contributed by atoms with Crippen LogP contribution in [-0.2, 0) is 16.4 Å². The molecule has 0 bridgehead atoms. The van der Waals surface area contributed by atoms with Crippen molar-refractivity contribution in [2.45, 2.75) is 43.6 Å². The summed E-state index contributed by atoms with van der Waals surface area (Å²) >= 11 is 6.38. The Bertz CT molecular complexity index is 1190. The van der Waals surface area contributed by atoms with Gasteiger partial charge in [0.05, 0.1) is 16.3 Å². The Balaban J connectivity index is 1.47. The summed E-state index contributed by atoms with van der Waals surface area (Å²) in [4.78, 5) is 14.6. The zero-order valence-electron chi connectivity index (χ0n) is 17.6. The van der Waals surface area contributed by atoms with E-state index in [2.05, 4.69) is 14.5 Å². The number of carbonyl (C=O) groups is 1. The number of benzene rings is 2. The van der Waals surface area contributed by atoms with Crippen LogP contribution in [0.2, 0.25) is 5.02 Å². The van der Waals surface area contributed by atoms with E-state index in [1.807, 2.05) is 4.90 Å². The van der Waals surface area contributed by atoms with Gasteiger partial charge >= 0.3 is 6.61 Å². The number of rotatable bonds is 6. The van der Waals surface area contributed by atoms with E-state index in [0.29, 0.717) is 30.9 Å². The van der Waals surface area contributed by atoms with E-state index < -0.39 is 22.5 Å². The smallest absolute Gasteiger partial charge is 0.387 e. The van der Waals surface area contributed by atoms with Crippen molar-refractivity contribution in [2.75, 3.05) is 18.0 Å². The second-order valence-electron chi connectivity index (χ2n) is 7.77. The maximum absolute atomic E-state index is 12.8. The number of carbonyl (C=O) groups excluding carboxylic acids is 1. The zero-order valence-corrected chi connectivity index (χ0v) is 19.1. The van der Waals surface area contributed by atoms with Gasteiger partial charge < -0.3 is 15.0 Å². The minimum absolute atomic E-state index is 0.0303. The number of fused-ring (bicyclic) bond motifs is 3. The van der Waals surface area contributed by atoms with E-state index in [1.165, 1.54) is 24.3 Å². The van der Waals surface area contributed by atoms with Crippen LogP contribution in [0.15, 0.2) is 45.7 Å². The van der Waals surface area contributed by atoms with Crippen molar-refractivity contribution in [3.05, 3.63) is 52.5 Å². The summed E-state index contributed by atoms with van der Waals surface area (Å²) in [7, 11) is -3.94. The lowest BCUT2D eigenvalue weighted by Crippen LogP contribution is -2.35. The summed E-state index contributed by atoms with van der Waals surface area (Å²) in [6.07, 6.45) is 3.78. The molecule has 0 saturated carbocycles. The lowest BCUT2D eigenvalue weighted by Gasteiger charge is -2.30. The van der Waals surface area contributed by atoms with Crippen LogP contribution in [0.4, 0.5) is 14.5 Å². The first kappa shape index (κ1) is 23.4. The second kappa shape index (κ2) is 9.64. The number of halogens is 3. The molecule has 1 saturated heterocycles. The maximum atomic E-state index is 12.8. The minimum atomic E-state index is -3.94. The van der Waals surface area contributed by atoms with Gasteiger partial charge in [-0.15, -0.1) is 4.40 Å². The zero-order chi connectivity index (χ0) is 23.6. The molecule has 2 aromatic carbocycles. The van der Waals surface area contributed by atoms with Crippen LogP contribution >= 0.6 is 11.6 Å². The van der Waals surface area contributed by atoms with Crippen molar-refractivity contribution >= 4 is 39.1 Å². The molecular formula is C22H22ClF2N3O4S. The summed E-state index contributed by atoms with van der Waals surface area (Å²) in [5.41, 5.74) is 1.31. The van der Waals surface area contributed by atoms with Gasteiger partial charge in [0.25, 0.3) is 15.9 Å². The van der Waals surface area contributed by atoms with Crippen LogP contribution in [0, 0.1) is 0 Å².